The molecule has 0 aromatic carbocycles. The lowest BCUT2D eigenvalue weighted by Crippen LogP contribution is -2.61. The van der Waals surface area contributed by atoms with E-state index in [2.05, 4.69) is 25.4 Å². The van der Waals surface area contributed by atoms with E-state index in [4.69, 9.17) is 4.74 Å². The van der Waals surface area contributed by atoms with E-state index in [0.717, 1.165) is 44.8 Å². The maximum Gasteiger partial charge on any atom is 0.191 e. The van der Waals surface area contributed by atoms with Crippen LogP contribution in [0.1, 0.15) is 51.4 Å². The second-order valence-electron chi connectivity index (χ2n) is 8.67. The summed E-state index contributed by atoms with van der Waals surface area (Å²) in [7, 11) is 1.91. The van der Waals surface area contributed by atoms with Gasteiger partial charge in [-0.25, -0.2) is 0 Å². The molecule has 4 fully saturated rings. The number of guanidine groups is 1. The monoisotopic (exact) mass is 363 g/mol. The molecule has 6 nitrogen and oxygen atoms in total. The first-order valence-electron chi connectivity index (χ1n) is 10.8. The van der Waals surface area contributed by atoms with Gasteiger partial charge in [0.2, 0.25) is 0 Å². The molecule has 0 bridgehead atoms. The summed E-state index contributed by atoms with van der Waals surface area (Å²) >= 11 is 0. The minimum Gasteiger partial charge on any atom is -0.379 e. The Bertz CT molecular complexity index is 481. The lowest BCUT2D eigenvalue weighted by Gasteiger charge is -2.48. The molecule has 0 amide bonds. The number of rotatable bonds is 5. The fraction of sp³-hybridized carbons (Fsp3) is 0.950. The zero-order valence-electron chi connectivity index (χ0n) is 16.5. The minimum atomic E-state index is 0.287. The molecule has 2 saturated heterocycles. The van der Waals surface area contributed by atoms with Crippen LogP contribution in [0.5, 0.6) is 0 Å². The Morgan fingerprint density at radius 3 is 2.54 bits per heavy atom. The van der Waals surface area contributed by atoms with Crippen LogP contribution in [-0.2, 0) is 4.74 Å². The van der Waals surface area contributed by atoms with Crippen molar-refractivity contribution in [3.63, 3.8) is 0 Å². The van der Waals surface area contributed by atoms with Gasteiger partial charge in [-0.3, -0.25) is 14.8 Å². The van der Waals surface area contributed by atoms with E-state index in [0.29, 0.717) is 6.04 Å². The zero-order valence-corrected chi connectivity index (χ0v) is 16.5. The summed E-state index contributed by atoms with van der Waals surface area (Å²) in [6.07, 6.45) is 10.7. The van der Waals surface area contributed by atoms with Gasteiger partial charge in [0.15, 0.2) is 5.96 Å². The highest BCUT2D eigenvalue weighted by molar-refractivity contribution is 5.80. The Morgan fingerprint density at radius 2 is 1.85 bits per heavy atom. The molecule has 1 atom stereocenters. The number of hydrogen-bond donors (Lipinski definition) is 2. The maximum absolute atomic E-state index is 5.60. The Hall–Kier alpha value is -0.850. The molecule has 6 heteroatoms. The van der Waals surface area contributed by atoms with Crippen LogP contribution in [0.15, 0.2) is 4.99 Å². The Labute approximate surface area is 158 Å². The number of ether oxygens (including phenoxy) is 1. The molecular formula is C20H37N5O. The van der Waals surface area contributed by atoms with Gasteiger partial charge in [0.25, 0.3) is 0 Å². The van der Waals surface area contributed by atoms with Gasteiger partial charge >= 0.3 is 0 Å². The van der Waals surface area contributed by atoms with E-state index >= 15 is 0 Å². The van der Waals surface area contributed by atoms with E-state index in [1.165, 1.54) is 64.5 Å². The normalized spacial score (nSPS) is 31.1. The van der Waals surface area contributed by atoms with Crippen LogP contribution >= 0.6 is 0 Å². The number of likely N-dealkylation sites (tertiary alicyclic amines) is 1. The third-order valence-electron chi connectivity index (χ3n) is 6.90. The molecule has 26 heavy (non-hydrogen) atoms. The Balaban J connectivity index is 1.31. The molecule has 0 aromatic heterocycles. The second kappa shape index (κ2) is 8.44. The van der Waals surface area contributed by atoms with Crippen molar-refractivity contribution in [2.24, 2.45) is 4.99 Å². The van der Waals surface area contributed by atoms with Gasteiger partial charge in [-0.05, 0) is 32.1 Å². The van der Waals surface area contributed by atoms with Crippen LogP contribution in [0.3, 0.4) is 0 Å². The van der Waals surface area contributed by atoms with E-state index < -0.39 is 0 Å². The molecule has 4 aliphatic rings. The number of hydrogen-bond acceptors (Lipinski definition) is 4. The van der Waals surface area contributed by atoms with Gasteiger partial charge in [0.05, 0.1) is 13.2 Å². The van der Waals surface area contributed by atoms with E-state index in [9.17, 15) is 0 Å². The molecule has 2 N–H and O–H groups in total. The zero-order chi connectivity index (χ0) is 17.8. The molecular weight excluding hydrogens is 326 g/mol. The van der Waals surface area contributed by atoms with Gasteiger partial charge in [-0.1, -0.05) is 19.3 Å². The predicted molar refractivity (Wildman–Crippen MR) is 106 cm³/mol. The van der Waals surface area contributed by atoms with Gasteiger partial charge in [0, 0.05) is 57.4 Å². The van der Waals surface area contributed by atoms with Crippen LogP contribution in [0, 0.1) is 0 Å². The van der Waals surface area contributed by atoms with Crippen LogP contribution in [0.4, 0.5) is 0 Å². The van der Waals surface area contributed by atoms with Crippen molar-refractivity contribution in [1.29, 1.82) is 0 Å². The average Bonchev–Trinajstić information content (AvgIpc) is 3.45. The summed E-state index contributed by atoms with van der Waals surface area (Å²) in [6.45, 7) is 7.35. The number of morpholine rings is 1. The third kappa shape index (κ3) is 4.34. The van der Waals surface area contributed by atoms with Crippen molar-refractivity contribution in [2.75, 3.05) is 53.0 Å². The van der Waals surface area contributed by atoms with E-state index in [1.807, 2.05) is 7.05 Å². The van der Waals surface area contributed by atoms with Crippen LogP contribution in [0.2, 0.25) is 0 Å². The molecule has 1 unspecified atom stereocenters. The first kappa shape index (κ1) is 18.5. The van der Waals surface area contributed by atoms with Crippen LogP contribution < -0.4 is 10.6 Å². The standard InChI is InChI=1S/C20H37N5O/c1-21-19(23-17-7-10-24(15-17)18-5-6-18)22-16-20(8-3-2-4-9-20)25-11-13-26-14-12-25/h17-18H,2-16H2,1H3,(H2,21,22,23). The average molecular weight is 364 g/mol. The molecule has 2 aliphatic heterocycles. The Morgan fingerprint density at radius 1 is 1.08 bits per heavy atom. The number of nitrogens with one attached hydrogen (secondary N) is 2. The van der Waals surface area contributed by atoms with Crippen molar-refractivity contribution in [3.05, 3.63) is 0 Å². The molecule has 0 aromatic rings. The predicted octanol–water partition coefficient (Wildman–Crippen LogP) is 1.42. The van der Waals surface area contributed by atoms with Crippen molar-refractivity contribution in [1.82, 2.24) is 20.4 Å². The fourth-order valence-electron chi connectivity index (χ4n) is 5.17. The van der Waals surface area contributed by atoms with Gasteiger partial charge in [-0.2, -0.15) is 0 Å². The number of nitrogens with zero attached hydrogens (tertiary/aromatic N) is 3. The third-order valence-corrected chi connectivity index (χ3v) is 6.90. The van der Waals surface area contributed by atoms with Gasteiger partial charge in [-0.15, -0.1) is 0 Å². The molecule has 0 radical (unpaired) electrons. The molecule has 0 spiro atoms. The highest BCUT2D eigenvalue weighted by Crippen LogP contribution is 2.34. The van der Waals surface area contributed by atoms with Crippen molar-refractivity contribution < 1.29 is 4.74 Å². The largest absolute Gasteiger partial charge is 0.379 e. The van der Waals surface area contributed by atoms with Crippen LogP contribution in [0.25, 0.3) is 0 Å². The smallest absolute Gasteiger partial charge is 0.191 e. The first-order valence-corrected chi connectivity index (χ1v) is 10.8. The molecule has 2 aliphatic carbocycles. The summed E-state index contributed by atoms with van der Waals surface area (Å²) < 4.78 is 5.60. The molecule has 148 valence electrons. The summed E-state index contributed by atoms with van der Waals surface area (Å²) in [5.41, 5.74) is 0.287. The molecule has 2 heterocycles. The van der Waals surface area contributed by atoms with Gasteiger partial charge < -0.3 is 15.4 Å². The number of aliphatic imine (C=N–C) groups is 1. The first-order chi connectivity index (χ1) is 12.8. The van der Waals surface area contributed by atoms with Crippen molar-refractivity contribution in [2.45, 2.75) is 69.0 Å². The van der Waals surface area contributed by atoms with Gasteiger partial charge in [0.1, 0.15) is 0 Å². The quantitative estimate of drug-likeness (QED) is 0.572. The molecule has 4 rings (SSSR count). The van der Waals surface area contributed by atoms with E-state index in [-0.39, 0.29) is 5.54 Å². The summed E-state index contributed by atoms with van der Waals surface area (Å²) in [6, 6.07) is 1.43. The molecule has 2 saturated carbocycles. The highest BCUT2D eigenvalue weighted by Gasteiger charge is 2.39. The van der Waals surface area contributed by atoms with Crippen molar-refractivity contribution >= 4 is 5.96 Å². The second-order valence-corrected chi connectivity index (χ2v) is 8.67. The summed E-state index contributed by atoms with van der Waals surface area (Å²) in [5.74, 6) is 0.992. The summed E-state index contributed by atoms with van der Waals surface area (Å²) in [5, 5.41) is 7.39. The maximum atomic E-state index is 5.60. The summed E-state index contributed by atoms with van der Waals surface area (Å²) in [4.78, 5) is 9.88. The SMILES string of the molecule is CN=C(NCC1(N2CCOCC2)CCCCC1)NC1CCN(C2CC2)C1. The fourth-order valence-corrected chi connectivity index (χ4v) is 5.17. The lowest BCUT2D eigenvalue weighted by atomic mass is 9.80. The minimum absolute atomic E-state index is 0.287. The Kier molecular flexibility index (Phi) is 6.01. The van der Waals surface area contributed by atoms with Crippen LogP contribution in [-0.4, -0.2) is 86.4 Å². The highest BCUT2D eigenvalue weighted by atomic mass is 16.5. The topological polar surface area (TPSA) is 52.1 Å². The van der Waals surface area contributed by atoms with Crippen molar-refractivity contribution in [3.8, 4) is 0 Å². The van der Waals surface area contributed by atoms with E-state index in [1.54, 1.807) is 0 Å². The lowest BCUT2D eigenvalue weighted by molar-refractivity contribution is -0.0352.